The van der Waals surface area contributed by atoms with E-state index in [1.165, 1.54) is 24.0 Å². The molecule has 1 aliphatic carbocycles. The summed E-state index contributed by atoms with van der Waals surface area (Å²) in [5, 5.41) is 0. The highest BCUT2D eigenvalue weighted by Crippen LogP contribution is 2.39. The van der Waals surface area contributed by atoms with Crippen LogP contribution >= 0.6 is 0 Å². The van der Waals surface area contributed by atoms with E-state index in [-0.39, 0.29) is 4.75 Å². The van der Waals surface area contributed by atoms with Crippen LogP contribution in [0.15, 0.2) is 24.3 Å². The number of hydrogen-bond acceptors (Lipinski definition) is 1. The maximum atomic E-state index is 11.8. The summed E-state index contributed by atoms with van der Waals surface area (Å²) < 4.78 is 14.7. The van der Waals surface area contributed by atoms with Gasteiger partial charge in [-0.15, -0.1) is 0 Å². The van der Waals surface area contributed by atoms with Crippen molar-refractivity contribution < 1.29 is 4.21 Å². The molecule has 1 aromatic rings. The normalized spacial score (nSPS) is 17.4. The average molecular weight is 279 g/mol. The van der Waals surface area contributed by atoms with Crippen molar-refractivity contribution in [1.29, 1.82) is 0 Å². The van der Waals surface area contributed by atoms with E-state index in [1.54, 1.807) is 0 Å². The minimum atomic E-state index is -0.947. The predicted molar refractivity (Wildman–Crippen MR) is 82.6 cm³/mol. The third-order valence-corrected chi connectivity index (χ3v) is 5.04. The molecule has 1 N–H and O–H groups in total. The van der Waals surface area contributed by atoms with Gasteiger partial charge in [-0.25, -0.2) is 8.93 Å². The highest BCUT2D eigenvalue weighted by atomic mass is 32.2. The molecule has 3 heteroatoms. The van der Waals surface area contributed by atoms with Gasteiger partial charge in [0.05, 0.1) is 15.7 Å². The molecule has 1 aromatic carbocycles. The molecule has 2 nitrogen and oxygen atoms in total. The Morgan fingerprint density at radius 3 is 2.37 bits per heavy atom. The zero-order valence-electron chi connectivity index (χ0n) is 12.2. The molecular formula is C16H25NOS. The van der Waals surface area contributed by atoms with Crippen molar-refractivity contribution in [2.45, 2.75) is 57.1 Å². The van der Waals surface area contributed by atoms with Crippen molar-refractivity contribution in [2.24, 2.45) is 0 Å². The van der Waals surface area contributed by atoms with Crippen LogP contribution in [0.2, 0.25) is 0 Å². The Bertz CT molecular complexity index is 429. The summed E-state index contributed by atoms with van der Waals surface area (Å²) in [7, 11) is -0.947. The molecule has 106 valence electrons. The number of aryl methyl sites for hydroxylation is 1. The minimum Gasteiger partial charge on any atom is -0.242 e. The van der Waals surface area contributed by atoms with Gasteiger partial charge in [0, 0.05) is 6.54 Å². The van der Waals surface area contributed by atoms with E-state index >= 15 is 0 Å². The monoisotopic (exact) mass is 279 g/mol. The van der Waals surface area contributed by atoms with E-state index in [0.29, 0.717) is 0 Å². The molecule has 0 aliphatic heterocycles. The second kappa shape index (κ2) is 6.19. The van der Waals surface area contributed by atoms with E-state index in [1.807, 2.05) is 20.8 Å². The summed E-state index contributed by atoms with van der Waals surface area (Å²) in [6.07, 6.45) is 4.81. The van der Waals surface area contributed by atoms with Crippen molar-refractivity contribution >= 4 is 11.0 Å². The van der Waals surface area contributed by atoms with Gasteiger partial charge in [-0.2, -0.15) is 0 Å². The SMILES string of the molecule is CC(C)(C)S(=O)NCCCc1ccc(C2CC2)cc1. The lowest BCUT2D eigenvalue weighted by molar-refractivity contribution is 0.631. The van der Waals surface area contributed by atoms with Crippen LogP contribution in [-0.4, -0.2) is 15.5 Å². The van der Waals surface area contributed by atoms with Gasteiger partial charge in [-0.3, -0.25) is 0 Å². The molecule has 0 heterocycles. The highest BCUT2D eigenvalue weighted by Gasteiger charge is 2.22. The maximum Gasteiger partial charge on any atom is 0.0970 e. The van der Waals surface area contributed by atoms with E-state index < -0.39 is 11.0 Å². The van der Waals surface area contributed by atoms with Gasteiger partial charge in [0.15, 0.2) is 0 Å². The Labute approximate surface area is 119 Å². The molecule has 0 radical (unpaired) electrons. The smallest absolute Gasteiger partial charge is 0.0970 e. The fourth-order valence-electron chi connectivity index (χ4n) is 2.05. The topological polar surface area (TPSA) is 29.1 Å². The summed E-state index contributed by atoms with van der Waals surface area (Å²) in [5.41, 5.74) is 2.88. The number of benzene rings is 1. The van der Waals surface area contributed by atoms with Crippen LogP contribution in [-0.2, 0) is 17.4 Å². The first kappa shape index (κ1) is 14.7. The summed E-state index contributed by atoms with van der Waals surface area (Å²) >= 11 is 0. The molecule has 1 aliphatic rings. The van der Waals surface area contributed by atoms with Crippen molar-refractivity contribution in [2.75, 3.05) is 6.54 Å². The van der Waals surface area contributed by atoms with Crippen LogP contribution < -0.4 is 4.72 Å². The van der Waals surface area contributed by atoms with Gasteiger partial charge in [-0.05, 0) is 63.5 Å². The Balaban J connectivity index is 1.69. The molecule has 19 heavy (non-hydrogen) atoms. The number of hydrogen-bond donors (Lipinski definition) is 1. The molecule has 1 fully saturated rings. The zero-order valence-corrected chi connectivity index (χ0v) is 13.1. The van der Waals surface area contributed by atoms with Crippen molar-refractivity contribution in [1.82, 2.24) is 4.72 Å². The number of nitrogens with one attached hydrogen (secondary N) is 1. The van der Waals surface area contributed by atoms with Crippen molar-refractivity contribution in [3.63, 3.8) is 0 Å². The standard InChI is InChI=1S/C16H25NOS/c1-16(2,3)19(18)17-12-4-5-13-6-8-14(9-7-13)15-10-11-15/h6-9,15,17H,4-5,10-12H2,1-3H3. The molecule has 1 atom stereocenters. The summed E-state index contributed by atoms with van der Waals surface area (Å²) in [5.74, 6) is 0.838. The highest BCUT2D eigenvalue weighted by molar-refractivity contribution is 7.84. The van der Waals surface area contributed by atoms with Gasteiger partial charge in [0.25, 0.3) is 0 Å². The fourth-order valence-corrected chi connectivity index (χ4v) is 2.81. The van der Waals surface area contributed by atoms with Crippen molar-refractivity contribution in [3.05, 3.63) is 35.4 Å². The van der Waals surface area contributed by atoms with E-state index in [0.717, 1.165) is 25.3 Å². The van der Waals surface area contributed by atoms with Gasteiger partial charge in [-0.1, -0.05) is 24.3 Å². The van der Waals surface area contributed by atoms with Gasteiger partial charge in [0.1, 0.15) is 0 Å². The van der Waals surface area contributed by atoms with E-state index in [9.17, 15) is 4.21 Å². The van der Waals surface area contributed by atoms with Crippen molar-refractivity contribution in [3.8, 4) is 0 Å². The maximum absolute atomic E-state index is 11.8. The van der Waals surface area contributed by atoms with E-state index in [4.69, 9.17) is 0 Å². The first-order valence-electron chi connectivity index (χ1n) is 7.21. The molecule has 0 bridgehead atoms. The Hall–Kier alpha value is -0.670. The van der Waals surface area contributed by atoms with Gasteiger partial charge < -0.3 is 0 Å². The Morgan fingerprint density at radius 2 is 1.84 bits per heavy atom. The number of rotatable bonds is 6. The first-order valence-corrected chi connectivity index (χ1v) is 8.36. The molecule has 2 rings (SSSR count). The summed E-state index contributed by atoms with van der Waals surface area (Å²) in [6.45, 7) is 6.79. The van der Waals surface area contributed by atoms with Gasteiger partial charge in [0.2, 0.25) is 0 Å². The third-order valence-electron chi connectivity index (χ3n) is 3.46. The second-order valence-corrected chi connectivity index (χ2v) is 8.45. The lowest BCUT2D eigenvalue weighted by Gasteiger charge is -2.17. The minimum absolute atomic E-state index is 0.175. The fraction of sp³-hybridized carbons (Fsp3) is 0.625. The molecule has 0 amide bonds. The van der Waals surface area contributed by atoms with Crippen LogP contribution in [0, 0.1) is 0 Å². The van der Waals surface area contributed by atoms with E-state index in [2.05, 4.69) is 29.0 Å². The molecular weight excluding hydrogens is 254 g/mol. The largest absolute Gasteiger partial charge is 0.242 e. The van der Waals surface area contributed by atoms with Crippen LogP contribution in [0.1, 0.15) is 57.1 Å². The summed E-state index contributed by atoms with van der Waals surface area (Å²) in [4.78, 5) is 0. The quantitative estimate of drug-likeness (QED) is 0.793. The molecule has 0 aromatic heterocycles. The first-order chi connectivity index (χ1) is 8.97. The third kappa shape index (κ3) is 4.73. The average Bonchev–Trinajstić information content (AvgIpc) is 3.18. The Morgan fingerprint density at radius 1 is 1.21 bits per heavy atom. The lowest BCUT2D eigenvalue weighted by Crippen LogP contribution is -2.33. The van der Waals surface area contributed by atoms with Crippen LogP contribution in [0.25, 0.3) is 0 Å². The molecule has 0 saturated heterocycles. The van der Waals surface area contributed by atoms with Gasteiger partial charge >= 0.3 is 0 Å². The lowest BCUT2D eigenvalue weighted by atomic mass is 10.1. The summed E-state index contributed by atoms with van der Waals surface area (Å²) in [6, 6.07) is 9.03. The molecule has 0 spiro atoms. The second-order valence-electron chi connectivity index (χ2n) is 6.39. The molecule has 1 unspecified atom stereocenters. The van der Waals surface area contributed by atoms with Crippen LogP contribution in [0.5, 0.6) is 0 Å². The molecule has 1 saturated carbocycles. The predicted octanol–water partition coefficient (Wildman–Crippen LogP) is 3.55. The zero-order chi connectivity index (χ0) is 13.9. The van der Waals surface area contributed by atoms with Crippen LogP contribution in [0.3, 0.4) is 0 Å². The Kier molecular flexibility index (Phi) is 4.80. The van der Waals surface area contributed by atoms with Crippen LogP contribution in [0.4, 0.5) is 0 Å².